The molecule has 14 heteroatoms. The summed E-state index contributed by atoms with van der Waals surface area (Å²) in [6.07, 6.45) is 13.1. The number of esters is 2. The predicted molar refractivity (Wildman–Crippen MR) is 228 cm³/mol. The van der Waals surface area contributed by atoms with E-state index >= 15 is 0 Å². The van der Waals surface area contributed by atoms with E-state index in [0.717, 1.165) is 72.1 Å². The summed E-state index contributed by atoms with van der Waals surface area (Å²) in [6.45, 7) is 14.5. The summed E-state index contributed by atoms with van der Waals surface area (Å²) in [6, 6.07) is 4.09. The number of Topliss-reactive ketones (excluding diaryl/α,β-unsaturated/α-hetero) is 1. The molecule has 6 atom stereocenters. The van der Waals surface area contributed by atoms with Gasteiger partial charge in [0.05, 0.1) is 66.7 Å². The second kappa shape index (κ2) is 21.3. The highest BCUT2D eigenvalue weighted by atomic mass is 32.2. The molecule has 6 rings (SSSR count). The smallest absolute Gasteiger partial charge is 0.306 e. The Hall–Kier alpha value is -3.23. The van der Waals surface area contributed by atoms with Crippen molar-refractivity contribution in [3.63, 3.8) is 0 Å². The molecule has 0 spiro atoms. The first-order chi connectivity index (χ1) is 28.1. The number of unbranched alkanes of at least 4 members (excludes halogenated alkanes) is 2. The zero-order chi connectivity index (χ0) is 41.1. The first-order valence-electron chi connectivity index (χ1n) is 21.6. The third-order valence-electron chi connectivity index (χ3n) is 12.0. The van der Waals surface area contributed by atoms with Crippen LogP contribution in [0.5, 0.6) is 11.5 Å². The fourth-order valence-corrected chi connectivity index (χ4v) is 10.2. The summed E-state index contributed by atoms with van der Waals surface area (Å²) in [4.78, 5) is 53.1. The first-order valence-corrected chi connectivity index (χ1v) is 23.6. The minimum atomic E-state index is -0.379. The SMILES string of the molecule is CCCCC(CC)COC(=O)CCSc1ccnc2c1OC[C@@H]1CC(C)(OCC(C)C(CCCC)COC(=O)CCSc3ccnc4c3OC[C@@H]3CC(=O)CN43)CN21. The van der Waals surface area contributed by atoms with E-state index in [0.29, 0.717) is 82.1 Å². The van der Waals surface area contributed by atoms with E-state index in [2.05, 4.69) is 44.5 Å². The molecule has 6 heterocycles. The van der Waals surface area contributed by atoms with Crippen molar-refractivity contribution in [3.05, 3.63) is 24.5 Å². The molecule has 4 aliphatic rings. The summed E-state index contributed by atoms with van der Waals surface area (Å²) in [7, 11) is 0. The van der Waals surface area contributed by atoms with Gasteiger partial charge in [-0.25, -0.2) is 9.97 Å². The highest BCUT2D eigenvalue weighted by Gasteiger charge is 2.46. The van der Waals surface area contributed by atoms with Crippen molar-refractivity contribution in [2.24, 2.45) is 17.8 Å². The van der Waals surface area contributed by atoms with Crippen molar-refractivity contribution >= 4 is 52.9 Å². The van der Waals surface area contributed by atoms with Gasteiger partial charge in [-0.3, -0.25) is 14.4 Å². The van der Waals surface area contributed by atoms with Crippen LogP contribution in [0.25, 0.3) is 0 Å². The summed E-state index contributed by atoms with van der Waals surface area (Å²) >= 11 is 3.17. The van der Waals surface area contributed by atoms with Gasteiger partial charge in [0.25, 0.3) is 0 Å². The lowest BCUT2D eigenvalue weighted by Gasteiger charge is -2.33. The zero-order valence-electron chi connectivity index (χ0n) is 35.2. The van der Waals surface area contributed by atoms with Gasteiger partial charge >= 0.3 is 11.9 Å². The number of rotatable bonds is 23. The summed E-state index contributed by atoms with van der Waals surface area (Å²) in [5.41, 5.74) is -0.379. The molecule has 0 aliphatic carbocycles. The van der Waals surface area contributed by atoms with Gasteiger partial charge in [0.15, 0.2) is 28.9 Å². The average Bonchev–Trinajstić information content (AvgIpc) is 3.79. The summed E-state index contributed by atoms with van der Waals surface area (Å²) < 4.78 is 30.6. The van der Waals surface area contributed by atoms with Crippen molar-refractivity contribution in [2.45, 2.75) is 133 Å². The van der Waals surface area contributed by atoms with Gasteiger partial charge in [0, 0.05) is 43.3 Å². The number of anilines is 2. The second-order valence-corrected chi connectivity index (χ2v) is 18.9. The summed E-state index contributed by atoms with van der Waals surface area (Å²) in [5.74, 6) is 4.91. The van der Waals surface area contributed by atoms with Gasteiger partial charge in [-0.05, 0) is 49.7 Å². The van der Waals surface area contributed by atoms with E-state index < -0.39 is 0 Å². The molecule has 0 radical (unpaired) electrons. The molecule has 4 aliphatic heterocycles. The molecule has 0 saturated carbocycles. The van der Waals surface area contributed by atoms with Crippen LogP contribution in [0.3, 0.4) is 0 Å². The largest absolute Gasteiger partial charge is 0.486 e. The van der Waals surface area contributed by atoms with Gasteiger partial charge in [-0.1, -0.05) is 59.8 Å². The van der Waals surface area contributed by atoms with E-state index in [4.69, 9.17) is 28.7 Å². The molecule has 58 heavy (non-hydrogen) atoms. The third-order valence-corrected chi connectivity index (χ3v) is 14.1. The minimum Gasteiger partial charge on any atom is -0.486 e. The second-order valence-electron chi connectivity index (χ2n) is 16.7. The van der Waals surface area contributed by atoms with Crippen LogP contribution >= 0.6 is 23.5 Å². The van der Waals surface area contributed by atoms with Crippen LogP contribution in [0.4, 0.5) is 11.6 Å². The monoisotopic (exact) mass is 840 g/mol. The van der Waals surface area contributed by atoms with E-state index in [9.17, 15) is 14.4 Å². The normalized spacial score (nSPS) is 22.2. The van der Waals surface area contributed by atoms with Crippen molar-refractivity contribution in [3.8, 4) is 11.5 Å². The molecular weight excluding hydrogens is 777 g/mol. The third kappa shape index (κ3) is 11.5. The lowest BCUT2D eigenvalue weighted by molar-refractivity contribution is -0.146. The Bertz CT molecular complexity index is 1700. The molecule has 0 bridgehead atoms. The van der Waals surface area contributed by atoms with Crippen LogP contribution in [-0.2, 0) is 28.6 Å². The molecule has 320 valence electrons. The average molecular weight is 841 g/mol. The van der Waals surface area contributed by atoms with Crippen molar-refractivity contribution in [1.29, 1.82) is 0 Å². The maximum Gasteiger partial charge on any atom is 0.306 e. The van der Waals surface area contributed by atoms with Crippen LogP contribution < -0.4 is 19.3 Å². The number of carbonyl (C=O) groups excluding carboxylic acids is 3. The number of ketones is 1. The predicted octanol–water partition coefficient (Wildman–Crippen LogP) is 8.17. The fourth-order valence-electron chi connectivity index (χ4n) is 8.33. The minimum absolute atomic E-state index is 0.0528. The topological polar surface area (TPSA) is 130 Å². The number of aromatic nitrogens is 2. The van der Waals surface area contributed by atoms with E-state index in [-0.39, 0.29) is 53.7 Å². The molecule has 12 nitrogen and oxygen atoms in total. The molecule has 2 aromatic heterocycles. The van der Waals surface area contributed by atoms with Crippen molar-refractivity contribution in [1.82, 2.24) is 9.97 Å². The Balaban J connectivity index is 0.946. The quantitative estimate of drug-likeness (QED) is 0.0788. The van der Waals surface area contributed by atoms with Gasteiger partial charge < -0.3 is 33.5 Å². The number of ether oxygens (including phenoxy) is 5. The highest BCUT2D eigenvalue weighted by Crippen LogP contribution is 2.46. The van der Waals surface area contributed by atoms with E-state index in [1.165, 1.54) is 6.42 Å². The first kappa shape index (κ1) is 44.3. The maximum absolute atomic E-state index is 13.0. The number of thioether (sulfide) groups is 2. The molecule has 2 aromatic rings. The maximum atomic E-state index is 13.0. The molecule has 2 fully saturated rings. The molecule has 2 saturated heterocycles. The summed E-state index contributed by atoms with van der Waals surface area (Å²) in [5, 5.41) is 0. The molecular formula is C44H64N4O8S2. The van der Waals surface area contributed by atoms with Crippen molar-refractivity contribution in [2.75, 3.05) is 67.4 Å². The Morgan fingerprint density at radius 2 is 1.47 bits per heavy atom. The van der Waals surface area contributed by atoms with Gasteiger partial charge in [0.2, 0.25) is 0 Å². The Morgan fingerprint density at radius 3 is 2.10 bits per heavy atom. The number of fused-ring (bicyclic) bond motifs is 6. The van der Waals surface area contributed by atoms with E-state index in [1.54, 1.807) is 29.7 Å². The molecule has 0 aromatic carbocycles. The lowest BCUT2D eigenvalue weighted by atomic mass is 9.90. The number of carbonyl (C=O) groups is 3. The molecule has 0 N–H and O–H groups in total. The van der Waals surface area contributed by atoms with Crippen LogP contribution in [0.2, 0.25) is 0 Å². The Labute approximate surface area is 353 Å². The van der Waals surface area contributed by atoms with Crippen molar-refractivity contribution < 1.29 is 38.1 Å². The molecule has 0 amide bonds. The Morgan fingerprint density at radius 1 is 0.862 bits per heavy atom. The fraction of sp³-hybridized carbons (Fsp3) is 0.705. The van der Waals surface area contributed by atoms with Crippen LogP contribution in [0.15, 0.2) is 34.3 Å². The van der Waals surface area contributed by atoms with Crippen LogP contribution in [-0.4, -0.2) is 103 Å². The number of pyridine rings is 2. The van der Waals surface area contributed by atoms with E-state index in [1.807, 2.05) is 23.2 Å². The lowest BCUT2D eigenvalue weighted by Crippen LogP contribution is -2.40. The number of hydrogen-bond acceptors (Lipinski definition) is 14. The van der Waals surface area contributed by atoms with Gasteiger partial charge in [0.1, 0.15) is 13.2 Å². The van der Waals surface area contributed by atoms with Crippen LogP contribution in [0.1, 0.15) is 105 Å². The molecule has 4 unspecified atom stereocenters. The number of nitrogens with zero attached hydrogens (tertiary/aromatic N) is 4. The Kier molecular flexibility index (Phi) is 16.3. The number of hydrogen-bond donors (Lipinski definition) is 0. The highest BCUT2D eigenvalue weighted by molar-refractivity contribution is 7.99. The van der Waals surface area contributed by atoms with Gasteiger partial charge in [-0.15, -0.1) is 23.5 Å². The standard InChI is InChI=1S/C44H64N4O8S2/c1-6-9-11-31(8-3)25-52-38(50)15-19-58-37-14-18-46-43-41(37)55-28-34-22-44(5,29-48(34)43)56-24-30(4)32(12-10-7-2)26-53-39(51)16-20-57-36-13-17-45-42-40(36)54-27-33-21-35(49)23-47(33)42/h13-14,17-18,30-34H,6-12,15-16,19-29H2,1-5H3/t30?,31?,32?,33-,34-,44?/m0/s1. The van der Waals surface area contributed by atoms with Gasteiger partial charge in [-0.2, -0.15) is 0 Å². The zero-order valence-corrected chi connectivity index (χ0v) is 36.8. The van der Waals surface area contributed by atoms with Crippen LogP contribution in [0, 0.1) is 17.8 Å².